The number of hydrogen-bond donors (Lipinski definition) is 0. The van der Waals surface area contributed by atoms with Crippen molar-refractivity contribution in [1.82, 2.24) is 0 Å². The molecule has 0 spiro atoms. The normalized spacial score (nSPS) is 34.4. The minimum absolute atomic E-state index is 0.908. The number of rotatable bonds is 7. The smallest absolute Gasteiger partial charge is 0.0233 e. The summed E-state index contributed by atoms with van der Waals surface area (Å²) in [6, 6.07) is 0. The maximum atomic E-state index is 2.49. The topological polar surface area (TPSA) is 0 Å². The zero-order valence-electron chi connectivity index (χ0n) is 14.7. The second-order valence-corrected chi connectivity index (χ2v) is 7.87. The maximum Gasteiger partial charge on any atom is -0.0233 e. The average molecular weight is 291 g/mol. The molecule has 21 heavy (non-hydrogen) atoms. The summed E-state index contributed by atoms with van der Waals surface area (Å²) < 4.78 is 0. The van der Waals surface area contributed by atoms with Gasteiger partial charge in [-0.05, 0) is 55.8 Å². The van der Waals surface area contributed by atoms with Crippen molar-refractivity contribution in [2.75, 3.05) is 0 Å². The average Bonchev–Trinajstić information content (AvgIpc) is 2.53. The zero-order chi connectivity index (χ0) is 14.9. The molecule has 0 heterocycles. The van der Waals surface area contributed by atoms with Gasteiger partial charge in [0.2, 0.25) is 0 Å². The monoisotopic (exact) mass is 290 g/mol. The Balaban J connectivity index is 1.57. The van der Waals surface area contributed by atoms with Gasteiger partial charge in [-0.3, -0.25) is 0 Å². The molecule has 0 aliphatic heterocycles. The summed E-state index contributed by atoms with van der Waals surface area (Å²) >= 11 is 0. The Kier molecular flexibility index (Phi) is 7.89. The lowest BCUT2D eigenvalue weighted by molar-refractivity contribution is 0.221. The molecule has 2 aliphatic carbocycles. The molecule has 0 unspecified atom stereocenters. The van der Waals surface area contributed by atoms with Crippen molar-refractivity contribution in [2.24, 2.45) is 23.7 Å². The Labute approximate surface area is 133 Å². The van der Waals surface area contributed by atoms with E-state index >= 15 is 0 Å². The summed E-state index contributed by atoms with van der Waals surface area (Å²) in [5.41, 5.74) is 0. The van der Waals surface area contributed by atoms with Gasteiger partial charge in [-0.15, -0.1) is 0 Å². The summed E-state index contributed by atoms with van der Waals surface area (Å²) in [7, 11) is 0. The molecule has 0 amide bonds. The summed E-state index contributed by atoms with van der Waals surface area (Å²) in [6.45, 7) is 4.59. The highest BCUT2D eigenvalue weighted by molar-refractivity contribution is 4.90. The maximum absolute atomic E-state index is 2.49. The second kappa shape index (κ2) is 9.70. The summed E-state index contributed by atoms with van der Waals surface area (Å²) in [6.07, 6.45) is 24.1. The molecule has 0 N–H and O–H groups in total. The quantitative estimate of drug-likeness (QED) is 0.437. The SMILES string of the molecule is CC/C=C/C1CCC(CCC2CCC(CCC)CC2)CC1. The van der Waals surface area contributed by atoms with Gasteiger partial charge in [0.25, 0.3) is 0 Å². The van der Waals surface area contributed by atoms with Crippen molar-refractivity contribution in [1.29, 1.82) is 0 Å². The molecule has 0 aromatic rings. The molecular weight excluding hydrogens is 252 g/mol. The van der Waals surface area contributed by atoms with Crippen LogP contribution in [0.1, 0.15) is 97.3 Å². The van der Waals surface area contributed by atoms with Crippen LogP contribution in [0.2, 0.25) is 0 Å². The summed E-state index contributed by atoms with van der Waals surface area (Å²) in [5.74, 6) is 4.12. The largest absolute Gasteiger partial charge is 0.0885 e. The van der Waals surface area contributed by atoms with E-state index in [9.17, 15) is 0 Å². The molecule has 122 valence electrons. The first kappa shape index (κ1) is 17.1. The van der Waals surface area contributed by atoms with Crippen molar-refractivity contribution in [3.05, 3.63) is 12.2 Å². The van der Waals surface area contributed by atoms with Crippen LogP contribution in [0, 0.1) is 23.7 Å². The van der Waals surface area contributed by atoms with Crippen LogP contribution in [0.25, 0.3) is 0 Å². The van der Waals surface area contributed by atoms with Gasteiger partial charge in [0.05, 0.1) is 0 Å². The highest BCUT2D eigenvalue weighted by atomic mass is 14.3. The molecule has 0 nitrogen and oxygen atoms in total. The third-order valence-corrected chi connectivity index (χ3v) is 6.18. The predicted octanol–water partition coefficient (Wildman–Crippen LogP) is 7.15. The van der Waals surface area contributed by atoms with Gasteiger partial charge in [0, 0.05) is 0 Å². The van der Waals surface area contributed by atoms with Crippen LogP contribution in [0.5, 0.6) is 0 Å². The van der Waals surface area contributed by atoms with E-state index in [0.29, 0.717) is 0 Å². The molecular formula is C21H38. The van der Waals surface area contributed by atoms with Gasteiger partial charge in [0.1, 0.15) is 0 Å². The van der Waals surface area contributed by atoms with Gasteiger partial charge >= 0.3 is 0 Å². The molecule has 0 heteroatoms. The van der Waals surface area contributed by atoms with E-state index in [0.717, 1.165) is 23.7 Å². The van der Waals surface area contributed by atoms with Crippen LogP contribution in [-0.2, 0) is 0 Å². The highest BCUT2D eigenvalue weighted by Crippen LogP contribution is 2.37. The van der Waals surface area contributed by atoms with E-state index in [1.807, 2.05) is 0 Å². The van der Waals surface area contributed by atoms with Gasteiger partial charge in [0.15, 0.2) is 0 Å². The predicted molar refractivity (Wildman–Crippen MR) is 94.5 cm³/mol. The van der Waals surface area contributed by atoms with E-state index in [-0.39, 0.29) is 0 Å². The second-order valence-electron chi connectivity index (χ2n) is 7.87. The van der Waals surface area contributed by atoms with Gasteiger partial charge in [-0.1, -0.05) is 77.4 Å². The Morgan fingerprint density at radius 1 is 0.667 bits per heavy atom. The van der Waals surface area contributed by atoms with E-state index in [1.165, 1.54) is 64.2 Å². The molecule has 2 aliphatic rings. The van der Waals surface area contributed by atoms with Crippen molar-refractivity contribution in [2.45, 2.75) is 97.3 Å². The fourth-order valence-corrected chi connectivity index (χ4v) is 4.69. The first-order valence-corrected chi connectivity index (χ1v) is 9.98. The highest BCUT2D eigenvalue weighted by Gasteiger charge is 2.23. The lowest BCUT2D eigenvalue weighted by Gasteiger charge is -2.31. The van der Waals surface area contributed by atoms with Gasteiger partial charge in [-0.2, -0.15) is 0 Å². The molecule has 0 bridgehead atoms. The standard InChI is InChI=1S/C21H38/c1-3-5-7-19-10-14-21(15-11-19)17-16-20-12-8-18(6-4-2)9-13-20/h5,7,18-21H,3-4,6,8-17H2,1-2H3/b7-5+. The minimum atomic E-state index is 0.908. The molecule has 0 saturated heterocycles. The van der Waals surface area contributed by atoms with Crippen LogP contribution >= 0.6 is 0 Å². The van der Waals surface area contributed by atoms with E-state index < -0.39 is 0 Å². The molecule has 0 radical (unpaired) electrons. The van der Waals surface area contributed by atoms with Crippen LogP contribution in [0.4, 0.5) is 0 Å². The van der Waals surface area contributed by atoms with Crippen LogP contribution < -0.4 is 0 Å². The van der Waals surface area contributed by atoms with Crippen molar-refractivity contribution < 1.29 is 0 Å². The Bertz CT molecular complexity index is 274. The first-order valence-electron chi connectivity index (χ1n) is 9.98. The fraction of sp³-hybridized carbons (Fsp3) is 0.905. The van der Waals surface area contributed by atoms with Gasteiger partial charge < -0.3 is 0 Å². The third kappa shape index (κ3) is 6.17. The van der Waals surface area contributed by atoms with Crippen LogP contribution in [0.3, 0.4) is 0 Å². The zero-order valence-corrected chi connectivity index (χ0v) is 14.7. The number of hydrogen-bond acceptors (Lipinski definition) is 0. The van der Waals surface area contributed by atoms with Crippen LogP contribution in [-0.4, -0.2) is 0 Å². The van der Waals surface area contributed by atoms with Crippen molar-refractivity contribution >= 4 is 0 Å². The number of allylic oxidation sites excluding steroid dienone is 2. The Morgan fingerprint density at radius 3 is 1.62 bits per heavy atom. The molecule has 2 fully saturated rings. The lowest BCUT2D eigenvalue weighted by atomic mass is 9.75. The van der Waals surface area contributed by atoms with Gasteiger partial charge in [-0.25, -0.2) is 0 Å². The fourth-order valence-electron chi connectivity index (χ4n) is 4.69. The summed E-state index contributed by atoms with van der Waals surface area (Å²) in [4.78, 5) is 0. The van der Waals surface area contributed by atoms with E-state index in [1.54, 1.807) is 19.3 Å². The first-order chi connectivity index (χ1) is 10.3. The van der Waals surface area contributed by atoms with Crippen molar-refractivity contribution in [3.8, 4) is 0 Å². The Hall–Kier alpha value is -0.260. The summed E-state index contributed by atoms with van der Waals surface area (Å²) in [5, 5.41) is 0. The van der Waals surface area contributed by atoms with Crippen molar-refractivity contribution in [3.63, 3.8) is 0 Å². The van der Waals surface area contributed by atoms with E-state index in [4.69, 9.17) is 0 Å². The van der Waals surface area contributed by atoms with E-state index in [2.05, 4.69) is 26.0 Å². The molecule has 2 rings (SSSR count). The molecule has 0 aromatic heterocycles. The molecule has 0 atom stereocenters. The molecule has 2 saturated carbocycles. The minimum Gasteiger partial charge on any atom is -0.0885 e. The molecule has 0 aromatic carbocycles. The Morgan fingerprint density at radius 2 is 1.14 bits per heavy atom. The van der Waals surface area contributed by atoms with Crippen LogP contribution in [0.15, 0.2) is 12.2 Å². The lowest BCUT2D eigenvalue weighted by Crippen LogP contribution is -2.17. The third-order valence-electron chi connectivity index (χ3n) is 6.18.